The number of amides is 1. The molecule has 5 nitrogen and oxygen atoms in total. The van der Waals surface area contributed by atoms with E-state index in [1.807, 2.05) is 30.3 Å². The number of anilines is 1. The molecular formula is C22H22ClFN4O. The van der Waals surface area contributed by atoms with Gasteiger partial charge in [0.2, 0.25) is 5.91 Å². The number of rotatable bonds is 5. The van der Waals surface area contributed by atoms with Crippen molar-refractivity contribution in [3.63, 3.8) is 0 Å². The Balaban J connectivity index is 1.31. The zero-order valence-electron chi connectivity index (χ0n) is 15.9. The molecule has 1 fully saturated rings. The second kappa shape index (κ2) is 8.66. The van der Waals surface area contributed by atoms with E-state index in [1.54, 1.807) is 6.07 Å². The van der Waals surface area contributed by atoms with E-state index >= 15 is 0 Å². The topological polar surface area (TPSA) is 61.0 Å². The SMILES string of the molecule is O=C(Cc1c(F)cccc1Cl)NC1CCN(c2cc(-c3ccccc3)[nH]n2)CC1. The molecule has 4 rings (SSSR count). The zero-order chi connectivity index (χ0) is 20.2. The maximum Gasteiger partial charge on any atom is 0.224 e. The van der Waals surface area contributed by atoms with Crippen molar-refractivity contribution in [2.75, 3.05) is 18.0 Å². The second-order valence-electron chi connectivity index (χ2n) is 7.21. The van der Waals surface area contributed by atoms with Crippen LogP contribution in [0.2, 0.25) is 5.02 Å². The summed E-state index contributed by atoms with van der Waals surface area (Å²) in [5, 5.41) is 10.8. The Morgan fingerprint density at radius 3 is 2.66 bits per heavy atom. The van der Waals surface area contributed by atoms with Gasteiger partial charge in [0, 0.05) is 35.8 Å². The van der Waals surface area contributed by atoms with Gasteiger partial charge in [0.1, 0.15) is 5.82 Å². The number of carbonyl (C=O) groups excluding carboxylic acids is 1. The van der Waals surface area contributed by atoms with Gasteiger partial charge in [-0.25, -0.2) is 4.39 Å². The number of halogens is 2. The minimum atomic E-state index is -0.449. The fourth-order valence-corrected chi connectivity index (χ4v) is 3.86. The Hall–Kier alpha value is -2.86. The minimum absolute atomic E-state index is 0.0501. The summed E-state index contributed by atoms with van der Waals surface area (Å²) in [6.07, 6.45) is 1.57. The molecule has 3 aromatic rings. The number of aromatic amines is 1. The normalized spacial score (nSPS) is 14.8. The van der Waals surface area contributed by atoms with Crippen LogP contribution in [0.5, 0.6) is 0 Å². The summed E-state index contributed by atoms with van der Waals surface area (Å²) in [7, 11) is 0. The molecule has 0 spiro atoms. The lowest BCUT2D eigenvalue weighted by Crippen LogP contribution is -2.45. The van der Waals surface area contributed by atoms with E-state index < -0.39 is 5.82 Å². The average Bonchev–Trinajstić information content (AvgIpc) is 3.22. The van der Waals surface area contributed by atoms with E-state index in [0.29, 0.717) is 0 Å². The molecule has 150 valence electrons. The van der Waals surface area contributed by atoms with Crippen molar-refractivity contribution in [3.8, 4) is 11.3 Å². The number of H-pyrrole nitrogens is 1. The highest BCUT2D eigenvalue weighted by molar-refractivity contribution is 6.31. The molecular weight excluding hydrogens is 391 g/mol. The molecule has 1 aliphatic rings. The summed E-state index contributed by atoms with van der Waals surface area (Å²) >= 11 is 6.01. The van der Waals surface area contributed by atoms with Crippen LogP contribution in [0.25, 0.3) is 11.3 Å². The van der Waals surface area contributed by atoms with Gasteiger partial charge in [0.15, 0.2) is 5.82 Å². The van der Waals surface area contributed by atoms with Crippen LogP contribution < -0.4 is 10.2 Å². The van der Waals surface area contributed by atoms with Crippen LogP contribution in [0.15, 0.2) is 54.6 Å². The van der Waals surface area contributed by atoms with Gasteiger partial charge < -0.3 is 10.2 Å². The number of nitrogens with zero attached hydrogens (tertiary/aromatic N) is 2. The molecule has 1 amide bonds. The van der Waals surface area contributed by atoms with Gasteiger partial charge in [-0.05, 0) is 30.5 Å². The third kappa shape index (κ3) is 4.59. The van der Waals surface area contributed by atoms with Crippen LogP contribution in [0.4, 0.5) is 10.2 Å². The predicted octanol–water partition coefficient (Wildman–Crippen LogP) is 4.20. The molecule has 7 heteroatoms. The van der Waals surface area contributed by atoms with Gasteiger partial charge in [-0.3, -0.25) is 9.89 Å². The molecule has 29 heavy (non-hydrogen) atoms. The third-order valence-electron chi connectivity index (χ3n) is 5.23. The molecule has 2 N–H and O–H groups in total. The standard InChI is InChI=1S/C22H22ClFN4O/c23-18-7-4-8-19(24)17(18)13-22(29)25-16-9-11-28(12-10-16)21-14-20(26-27-21)15-5-2-1-3-6-15/h1-8,14,16H,9-13H2,(H,25,29)(H,26,27). The summed E-state index contributed by atoms with van der Waals surface area (Å²) in [6, 6.07) is 16.6. The molecule has 1 aliphatic heterocycles. The third-order valence-corrected chi connectivity index (χ3v) is 5.59. The molecule has 0 bridgehead atoms. The first-order chi connectivity index (χ1) is 14.1. The Labute approximate surface area is 173 Å². The smallest absolute Gasteiger partial charge is 0.224 e. The fourth-order valence-electron chi connectivity index (χ4n) is 3.63. The first-order valence-electron chi connectivity index (χ1n) is 9.68. The number of nitrogens with one attached hydrogen (secondary N) is 2. The lowest BCUT2D eigenvalue weighted by Gasteiger charge is -2.32. The predicted molar refractivity (Wildman–Crippen MR) is 113 cm³/mol. The minimum Gasteiger partial charge on any atom is -0.355 e. The molecule has 0 saturated carbocycles. The van der Waals surface area contributed by atoms with E-state index in [-0.39, 0.29) is 29.0 Å². The summed E-state index contributed by atoms with van der Waals surface area (Å²) in [5.41, 5.74) is 2.33. The monoisotopic (exact) mass is 412 g/mol. The summed E-state index contributed by atoms with van der Waals surface area (Å²) in [5.74, 6) is 0.253. The number of piperidine rings is 1. The largest absolute Gasteiger partial charge is 0.355 e. The zero-order valence-corrected chi connectivity index (χ0v) is 16.6. The Bertz CT molecular complexity index is 963. The highest BCUT2D eigenvalue weighted by atomic mass is 35.5. The maximum absolute atomic E-state index is 13.9. The van der Waals surface area contributed by atoms with E-state index in [2.05, 4.69) is 26.5 Å². The maximum atomic E-state index is 13.9. The van der Waals surface area contributed by atoms with E-state index in [4.69, 9.17) is 11.6 Å². The molecule has 0 radical (unpaired) electrons. The van der Waals surface area contributed by atoms with Gasteiger partial charge in [-0.2, -0.15) is 5.10 Å². The lowest BCUT2D eigenvalue weighted by molar-refractivity contribution is -0.121. The number of hydrogen-bond donors (Lipinski definition) is 2. The van der Waals surface area contributed by atoms with Crippen LogP contribution in [0, 0.1) is 5.82 Å². The van der Waals surface area contributed by atoms with E-state index in [9.17, 15) is 9.18 Å². The molecule has 1 aromatic heterocycles. The molecule has 2 aromatic carbocycles. The highest BCUT2D eigenvalue weighted by Gasteiger charge is 2.23. The lowest BCUT2D eigenvalue weighted by atomic mass is 10.0. The fraction of sp³-hybridized carbons (Fsp3) is 0.273. The molecule has 0 aliphatic carbocycles. The van der Waals surface area contributed by atoms with Crippen molar-refractivity contribution in [1.82, 2.24) is 15.5 Å². The van der Waals surface area contributed by atoms with Crippen molar-refractivity contribution in [2.45, 2.75) is 25.3 Å². The van der Waals surface area contributed by atoms with Gasteiger partial charge in [0.05, 0.1) is 12.1 Å². The van der Waals surface area contributed by atoms with Gasteiger partial charge >= 0.3 is 0 Å². The Kier molecular flexibility index (Phi) is 5.81. The van der Waals surface area contributed by atoms with Crippen LogP contribution in [0.1, 0.15) is 18.4 Å². The number of hydrogen-bond acceptors (Lipinski definition) is 3. The summed E-state index contributed by atoms with van der Waals surface area (Å²) in [4.78, 5) is 14.5. The first-order valence-corrected chi connectivity index (χ1v) is 10.1. The van der Waals surface area contributed by atoms with Crippen molar-refractivity contribution in [2.24, 2.45) is 0 Å². The number of benzene rings is 2. The summed E-state index contributed by atoms with van der Waals surface area (Å²) < 4.78 is 13.9. The second-order valence-corrected chi connectivity index (χ2v) is 7.62. The van der Waals surface area contributed by atoms with Crippen molar-refractivity contribution >= 4 is 23.3 Å². The number of aromatic nitrogens is 2. The first kappa shape index (κ1) is 19.5. The highest BCUT2D eigenvalue weighted by Crippen LogP contribution is 2.24. The van der Waals surface area contributed by atoms with Crippen molar-refractivity contribution in [3.05, 3.63) is 71.0 Å². The van der Waals surface area contributed by atoms with Gasteiger partial charge in [0.25, 0.3) is 0 Å². The molecule has 0 atom stereocenters. The quantitative estimate of drug-likeness (QED) is 0.660. The van der Waals surface area contributed by atoms with Gasteiger partial charge in [-0.15, -0.1) is 0 Å². The van der Waals surface area contributed by atoms with E-state index in [1.165, 1.54) is 12.1 Å². The number of carbonyl (C=O) groups is 1. The molecule has 0 unspecified atom stereocenters. The van der Waals surface area contributed by atoms with E-state index in [0.717, 1.165) is 43.0 Å². The van der Waals surface area contributed by atoms with Crippen LogP contribution in [-0.2, 0) is 11.2 Å². The van der Waals surface area contributed by atoms with Crippen molar-refractivity contribution < 1.29 is 9.18 Å². The molecule has 1 saturated heterocycles. The summed E-state index contributed by atoms with van der Waals surface area (Å²) in [6.45, 7) is 1.59. The van der Waals surface area contributed by atoms with Crippen LogP contribution in [0.3, 0.4) is 0 Å². The van der Waals surface area contributed by atoms with Gasteiger partial charge in [-0.1, -0.05) is 48.0 Å². The Morgan fingerprint density at radius 2 is 1.93 bits per heavy atom. The average molecular weight is 413 g/mol. The van der Waals surface area contributed by atoms with Crippen LogP contribution in [-0.4, -0.2) is 35.2 Å². The van der Waals surface area contributed by atoms with Crippen LogP contribution >= 0.6 is 11.6 Å². The molecule has 2 heterocycles. The van der Waals surface area contributed by atoms with Crippen molar-refractivity contribution in [1.29, 1.82) is 0 Å². The Morgan fingerprint density at radius 1 is 1.17 bits per heavy atom.